The molecule has 3 aromatic rings. The summed E-state index contributed by atoms with van der Waals surface area (Å²) in [5.74, 6) is 0.352. The number of likely N-dealkylation sites (N-methyl/N-ethyl adjacent to an activating group) is 1. The molecule has 3 aromatic heterocycles. The summed E-state index contributed by atoms with van der Waals surface area (Å²) in [6.07, 6.45) is 1.72. The van der Waals surface area contributed by atoms with Crippen LogP contribution < -0.4 is 5.32 Å². The summed E-state index contributed by atoms with van der Waals surface area (Å²) in [7, 11) is 1.59. The van der Waals surface area contributed by atoms with E-state index in [4.69, 9.17) is 4.52 Å². The van der Waals surface area contributed by atoms with Crippen molar-refractivity contribution in [2.24, 2.45) is 0 Å². The number of anilines is 1. The third kappa shape index (κ3) is 3.52. The van der Waals surface area contributed by atoms with Crippen LogP contribution in [0.3, 0.4) is 0 Å². The fraction of sp³-hybridized carbons (Fsp3) is 0.294. The quantitative estimate of drug-likeness (QED) is 0.742. The third-order valence-corrected chi connectivity index (χ3v) is 4.65. The lowest BCUT2D eigenvalue weighted by molar-refractivity contribution is -0.116. The number of thiazole rings is 1. The van der Waals surface area contributed by atoms with Gasteiger partial charge in [0.1, 0.15) is 5.76 Å². The van der Waals surface area contributed by atoms with Crippen LogP contribution in [0, 0.1) is 20.8 Å². The van der Waals surface area contributed by atoms with Crippen LogP contribution in [0.25, 0.3) is 5.13 Å². The Morgan fingerprint density at radius 3 is 2.69 bits per heavy atom. The zero-order valence-corrected chi connectivity index (χ0v) is 15.8. The van der Waals surface area contributed by atoms with Crippen LogP contribution in [0.4, 0.5) is 5.82 Å². The van der Waals surface area contributed by atoms with E-state index in [1.165, 1.54) is 16.2 Å². The average molecular weight is 373 g/mol. The highest BCUT2D eigenvalue weighted by atomic mass is 32.1. The van der Waals surface area contributed by atoms with Crippen molar-refractivity contribution in [2.75, 3.05) is 18.9 Å². The smallest absolute Gasteiger partial charge is 0.255 e. The Labute approximate surface area is 154 Å². The lowest BCUT2D eigenvalue weighted by atomic mass is 10.2. The molecular weight excluding hydrogens is 354 g/mol. The van der Waals surface area contributed by atoms with Crippen LogP contribution in [-0.2, 0) is 4.79 Å². The molecular formula is C17H19N5O3S. The van der Waals surface area contributed by atoms with E-state index in [0.717, 1.165) is 16.5 Å². The molecule has 0 saturated carbocycles. The number of carbonyl (C=O) groups excluding carboxylic acids is 2. The van der Waals surface area contributed by atoms with E-state index < -0.39 is 0 Å². The molecule has 0 unspecified atom stereocenters. The number of amides is 2. The average Bonchev–Trinajstić information content (AvgIpc) is 3.28. The monoisotopic (exact) mass is 373 g/mol. The Bertz CT molecular complexity index is 942. The molecule has 0 bridgehead atoms. The highest BCUT2D eigenvalue weighted by Crippen LogP contribution is 2.23. The maximum atomic E-state index is 12.8. The van der Waals surface area contributed by atoms with Crippen LogP contribution in [0.1, 0.15) is 27.5 Å². The number of hydrogen-bond donors (Lipinski definition) is 1. The van der Waals surface area contributed by atoms with Crippen LogP contribution in [-0.4, -0.2) is 45.0 Å². The second-order valence-corrected chi connectivity index (χ2v) is 6.84. The molecule has 0 aromatic carbocycles. The first-order chi connectivity index (χ1) is 12.4. The van der Waals surface area contributed by atoms with E-state index in [-0.39, 0.29) is 18.4 Å². The fourth-order valence-electron chi connectivity index (χ4n) is 2.70. The van der Waals surface area contributed by atoms with E-state index in [9.17, 15) is 9.59 Å². The van der Waals surface area contributed by atoms with Gasteiger partial charge in [-0.1, -0.05) is 5.16 Å². The number of rotatable bonds is 5. The molecule has 0 saturated heterocycles. The summed E-state index contributed by atoms with van der Waals surface area (Å²) >= 11 is 1.50. The normalized spacial score (nSPS) is 10.8. The largest absolute Gasteiger partial charge is 0.360 e. The molecule has 3 heterocycles. The molecule has 9 heteroatoms. The Balaban J connectivity index is 1.72. The van der Waals surface area contributed by atoms with Crippen LogP contribution in [0.5, 0.6) is 0 Å². The third-order valence-electron chi connectivity index (χ3n) is 3.90. The first kappa shape index (κ1) is 17.9. The Morgan fingerprint density at radius 2 is 2.08 bits per heavy atom. The van der Waals surface area contributed by atoms with Gasteiger partial charge in [-0.15, -0.1) is 11.3 Å². The van der Waals surface area contributed by atoms with Crippen molar-refractivity contribution in [3.05, 3.63) is 46.4 Å². The minimum atomic E-state index is -0.345. The van der Waals surface area contributed by atoms with Crippen molar-refractivity contribution in [3.8, 4) is 5.13 Å². The summed E-state index contributed by atoms with van der Waals surface area (Å²) in [4.78, 5) is 30.6. The molecule has 8 nitrogen and oxygen atoms in total. The van der Waals surface area contributed by atoms with Gasteiger partial charge < -0.3 is 14.7 Å². The van der Waals surface area contributed by atoms with E-state index in [1.54, 1.807) is 26.2 Å². The zero-order valence-electron chi connectivity index (χ0n) is 14.9. The lowest BCUT2D eigenvalue weighted by Crippen LogP contribution is -2.35. The van der Waals surface area contributed by atoms with Gasteiger partial charge in [-0.2, -0.15) is 0 Å². The summed E-state index contributed by atoms with van der Waals surface area (Å²) in [6.45, 7) is 5.43. The maximum absolute atomic E-state index is 12.8. The van der Waals surface area contributed by atoms with Gasteiger partial charge in [0, 0.05) is 36.1 Å². The molecule has 0 spiro atoms. The van der Waals surface area contributed by atoms with Crippen molar-refractivity contribution in [2.45, 2.75) is 20.8 Å². The fourth-order valence-corrected chi connectivity index (χ4v) is 3.45. The summed E-state index contributed by atoms with van der Waals surface area (Å²) in [5.41, 5.74) is 2.25. The molecule has 1 N–H and O–H groups in total. The molecule has 0 atom stereocenters. The van der Waals surface area contributed by atoms with Gasteiger partial charge in [0.15, 0.2) is 10.9 Å². The van der Waals surface area contributed by atoms with Gasteiger partial charge >= 0.3 is 0 Å². The SMILES string of the molecule is Cc1cc(NC(=O)CN(C)C(=O)c2cc(C)n(-c3nccs3)c2C)no1. The topological polar surface area (TPSA) is 93.3 Å². The summed E-state index contributed by atoms with van der Waals surface area (Å²) < 4.78 is 6.84. The maximum Gasteiger partial charge on any atom is 0.255 e. The van der Waals surface area contributed by atoms with Gasteiger partial charge in [-0.05, 0) is 26.8 Å². The summed E-state index contributed by atoms with van der Waals surface area (Å²) in [5, 5.41) is 9.00. The van der Waals surface area contributed by atoms with Crippen molar-refractivity contribution >= 4 is 29.0 Å². The molecule has 0 radical (unpaired) electrons. The molecule has 0 fully saturated rings. The zero-order chi connectivity index (χ0) is 18.8. The highest BCUT2D eigenvalue weighted by molar-refractivity contribution is 7.12. The van der Waals surface area contributed by atoms with Gasteiger partial charge in [-0.3, -0.25) is 14.2 Å². The van der Waals surface area contributed by atoms with Gasteiger partial charge in [0.2, 0.25) is 5.91 Å². The van der Waals surface area contributed by atoms with Gasteiger partial charge in [0.25, 0.3) is 5.91 Å². The number of carbonyl (C=O) groups is 2. The Hall–Kier alpha value is -2.94. The number of aromatic nitrogens is 3. The highest BCUT2D eigenvalue weighted by Gasteiger charge is 2.22. The van der Waals surface area contributed by atoms with Gasteiger partial charge in [-0.25, -0.2) is 4.98 Å². The van der Waals surface area contributed by atoms with Crippen molar-refractivity contribution in [1.29, 1.82) is 0 Å². The molecule has 0 aliphatic carbocycles. The minimum Gasteiger partial charge on any atom is -0.360 e. The first-order valence-corrected chi connectivity index (χ1v) is 8.82. The predicted octanol–water partition coefficient (Wildman–Crippen LogP) is 2.56. The number of nitrogens with one attached hydrogen (secondary N) is 1. The van der Waals surface area contributed by atoms with Crippen LogP contribution >= 0.6 is 11.3 Å². The van der Waals surface area contributed by atoms with E-state index in [0.29, 0.717) is 17.1 Å². The predicted molar refractivity (Wildman–Crippen MR) is 97.7 cm³/mol. The molecule has 136 valence electrons. The summed E-state index contributed by atoms with van der Waals surface area (Å²) in [6, 6.07) is 3.43. The minimum absolute atomic E-state index is 0.0916. The van der Waals surface area contributed by atoms with Crippen LogP contribution in [0.2, 0.25) is 0 Å². The Kier molecular flexibility index (Phi) is 4.90. The van der Waals surface area contributed by atoms with Crippen molar-refractivity contribution < 1.29 is 14.1 Å². The first-order valence-electron chi connectivity index (χ1n) is 7.94. The molecule has 3 rings (SSSR count). The van der Waals surface area contributed by atoms with E-state index in [1.807, 2.05) is 29.9 Å². The van der Waals surface area contributed by atoms with E-state index in [2.05, 4.69) is 15.5 Å². The molecule has 0 aliphatic heterocycles. The van der Waals surface area contributed by atoms with Crippen LogP contribution in [0.15, 0.2) is 28.2 Å². The van der Waals surface area contributed by atoms with Crippen molar-refractivity contribution in [1.82, 2.24) is 19.6 Å². The second kappa shape index (κ2) is 7.12. The number of hydrogen-bond acceptors (Lipinski definition) is 6. The standard InChI is InChI=1S/C17H19N5O3S/c1-10-7-13(12(3)22(10)17-18-5-6-26-17)16(24)21(4)9-15(23)19-14-8-11(2)25-20-14/h5-8H,9H2,1-4H3,(H,19,20,23). The number of aryl methyl sites for hydroxylation is 2. The lowest BCUT2D eigenvalue weighted by Gasteiger charge is -2.16. The molecule has 26 heavy (non-hydrogen) atoms. The van der Waals surface area contributed by atoms with Crippen molar-refractivity contribution in [3.63, 3.8) is 0 Å². The van der Waals surface area contributed by atoms with Gasteiger partial charge in [0.05, 0.1) is 12.1 Å². The van der Waals surface area contributed by atoms with E-state index >= 15 is 0 Å². The number of nitrogens with zero attached hydrogens (tertiary/aromatic N) is 4. The second-order valence-electron chi connectivity index (χ2n) is 5.97. The molecule has 0 aliphatic rings. The molecule has 2 amide bonds. The Morgan fingerprint density at radius 1 is 1.31 bits per heavy atom.